The fraction of sp³-hybridized carbons (Fsp3) is 0.0323. The van der Waals surface area contributed by atoms with Gasteiger partial charge < -0.3 is 15.0 Å². The van der Waals surface area contributed by atoms with Crippen molar-refractivity contribution in [2.75, 3.05) is 12.8 Å². The van der Waals surface area contributed by atoms with Crippen LogP contribution in [0.1, 0.15) is 31.8 Å². The molecule has 0 atom stereocenters. The zero-order valence-electron chi connectivity index (χ0n) is 19.6. The van der Waals surface area contributed by atoms with Gasteiger partial charge in [0.2, 0.25) is 0 Å². The van der Waals surface area contributed by atoms with Crippen LogP contribution in [-0.2, 0) is 0 Å². The molecule has 5 aromatic rings. The van der Waals surface area contributed by atoms with Crippen LogP contribution in [0.2, 0.25) is 0 Å². The molecule has 0 bridgehead atoms. The van der Waals surface area contributed by atoms with Gasteiger partial charge in [0.15, 0.2) is 11.6 Å². The number of hydrogen-bond acceptors (Lipinski definition) is 4. The Hall–Kier alpha value is -4.90. The molecule has 0 aliphatic heterocycles. The van der Waals surface area contributed by atoms with Crippen LogP contribution in [0, 0.1) is 0 Å². The highest BCUT2D eigenvalue weighted by molar-refractivity contribution is 6.32. The summed E-state index contributed by atoms with van der Waals surface area (Å²) in [5.41, 5.74) is 12.2. The number of carbonyl (C=O) groups is 2. The molecule has 174 valence electrons. The van der Waals surface area contributed by atoms with Crippen LogP contribution in [0.5, 0.6) is 5.75 Å². The van der Waals surface area contributed by atoms with Crippen molar-refractivity contribution in [2.45, 2.75) is 0 Å². The molecule has 0 saturated heterocycles. The summed E-state index contributed by atoms with van der Waals surface area (Å²) < 4.78 is 7.32. The number of rotatable bonds is 4. The number of para-hydroxylation sites is 2. The largest absolute Gasteiger partial charge is 0.497 e. The van der Waals surface area contributed by atoms with Crippen molar-refractivity contribution >= 4 is 17.3 Å². The first kappa shape index (κ1) is 21.6. The summed E-state index contributed by atoms with van der Waals surface area (Å²) in [6.45, 7) is 0. The van der Waals surface area contributed by atoms with Gasteiger partial charge in [-0.05, 0) is 47.5 Å². The Morgan fingerprint density at radius 3 is 1.67 bits per heavy atom. The first-order valence-electron chi connectivity index (χ1n) is 11.6. The Labute approximate surface area is 208 Å². The molecule has 0 spiro atoms. The maximum Gasteiger partial charge on any atom is 0.196 e. The molecule has 1 aliphatic carbocycles. The number of carbonyl (C=O) groups excluding carboxylic acids is 2. The molecule has 0 fully saturated rings. The Morgan fingerprint density at radius 1 is 0.611 bits per heavy atom. The topological polar surface area (TPSA) is 74.3 Å². The van der Waals surface area contributed by atoms with Gasteiger partial charge in [0, 0.05) is 11.1 Å². The minimum absolute atomic E-state index is 0.179. The highest BCUT2D eigenvalue weighted by atomic mass is 16.5. The SMILES string of the molecule is COc1ccc(-c2c3c(c(-c4ccccc4)n2-c2ccccc2N)C(=O)c2ccccc2C3=O)cc1. The number of hydrogen-bond donors (Lipinski definition) is 1. The van der Waals surface area contributed by atoms with Crippen LogP contribution in [0.4, 0.5) is 5.69 Å². The van der Waals surface area contributed by atoms with E-state index in [9.17, 15) is 9.59 Å². The monoisotopic (exact) mass is 470 g/mol. The van der Waals surface area contributed by atoms with Crippen molar-refractivity contribution in [3.63, 3.8) is 0 Å². The Morgan fingerprint density at radius 2 is 1.11 bits per heavy atom. The summed E-state index contributed by atoms with van der Waals surface area (Å²) in [5.74, 6) is 0.333. The zero-order valence-corrected chi connectivity index (χ0v) is 19.6. The Bertz CT molecular complexity index is 1650. The number of nitrogen functional groups attached to an aromatic ring is 1. The van der Waals surface area contributed by atoms with Crippen molar-refractivity contribution in [3.05, 3.63) is 125 Å². The smallest absolute Gasteiger partial charge is 0.196 e. The number of nitrogens with zero attached hydrogens (tertiary/aromatic N) is 1. The van der Waals surface area contributed by atoms with E-state index in [0.717, 1.165) is 11.1 Å². The van der Waals surface area contributed by atoms with Crippen molar-refractivity contribution < 1.29 is 14.3 Å². The van der Waals surface area contributed by atoms with E-state index in [1.807, 2.05) is 83.4 Å². The Balaban J connectivity index is 1.81. The minimum atomic E-state index is -0.184. The molecular formula is C31H22N2O3. The highest BCUT2D eigenvalue weighted by Crippen LogP contribution is 2.45. The summed E-state index contributed by atoms with van der Waals surface area (Å²) >= 11 is 0. The second-order valence-corrected chi connectivity index (χ2v) is 8.64. The molecule has 5 nitrogen and oxygen atoms in total. The highest BCUT2D eigenvalue weighted by Gasteiger charge is 2.39. The number of fused-ring (bicyclic) bond motifs is 2. The lowest BCUT2D eigenvalue weighted by atomic mass is 9.83. The Kier molecular flexibility index (Phi) is 5.04. The van der Waals surface area contributed by atoms with E-state index in [1.165, 1.54) is 0 Å². The fourth-order valence-electron chi connectivity index (χ4n) is 4.99. The molecule has 4 aromatic carbocycles. The van der Waals surface area contributed by atoms with Gasteiger partial charge in [-0.15, -0.1) is 0 Å². The van der Waals surface area contributed by atoms with E-state index in [1.54, 1.807) is 31.4 Å². The quantitative estimate of drug-likeness (QED) is 0.312. The number of methoxy groups -OCH3 is 1. The average Bonchev–Trinajstić information content (AvgIpc) is 3.29. The van der Waals surface area contributed by atoms with Gasteiger partial charge in [0.25, 0.3) is 0 Å². The number of nitrogens with two attached hydrogens (primary N) is 1. The third-order valence-electron chi connectivity index (χ3n) is 6.63. The number of ether oxygens (including phenoxy) is 1. The third kappa shape index (κ3) is 3.17. The van der Waals surface area contributed by atoms with Gasteiger partial charge in [-0.1, -0.05) is 66.7 Å². The molecule has 1 heterocycles. The maximum absolute atomic E-state index is 14.1. The van der Waals surface area contributed by atoms with Gasteiger partial charge in [-0.2, -0.15) is 0 Å². The summed E-state index contributed by atoms with van der Waals surface area (Å²) in [6, 6.07) is 31.6. The standard InChI is InChI=1S/C31H22N2O3/c1-36-21-17-15-20(16-18-21)29-27-26(30(34)22-11-5-6-12-23(22)31(27)35)28(19-9-3-2-4-10-19)33(29)25-14-8-7-13-24(25)32/h2-18H,32H2,1H3. The molecule has 0 radical (unpaired) electrons. The molecule has 1 aromatic heterocycles. The lowest BCUT2D eigenvalue weighted by Gasteiger charge is -2.17. The van der Waals surface area contributed by atoms with Gasteiger partial charge in [-0.25, -0.2) is 0 Å². The molecule has 0 unspecified atom stereocenters. The van der Waals surface area contributed by atoms with Crippen molar-refractivity contribution in [3.8, 4) is 34.0 Å². The van der Waals surface area contributed by atoms with Crippen LogP contribution in [0.15, 0.2) is 103 Å². The minimum Gasteiger partial charge on any atom is -0.497 e. The van der Waals surface area contributed by atoms with Crippen LogP contribution in [-0.4, -0.2) is 23.2 Å². The molecule has 6 rings (SSSR count). The second kappa shape index (κ2) is 8.40. The summed E-state index contributed by atoms with van der Waals surface area (Å²) in [5, 5.41) is 0. The number of benzene rings is 4. The summed E-state index contributed by atoms with van der Waals surface area (Å²) in [4.78, 5) is 28.1. The number of aromatic nitrogens is 1. The summed E-state index contributed by atoms with van der Waals surface area (Å²) in [6.07, 6.45) is 0. The molecule has 5 heteroatoms. The van der Waals surface area contributed by atoms with E-state index in [0.29, 0.717) is 50.8 Å². The van der Waals surface area contributed by atoms with E-state index in [2.05, 4.69) is 0 Å². The first-order chi connectivity index (χ1) is 17.6. The first-order valence-corrected chi connectivity index (χ1v) is 11.6. The van der Waals surface area contributed by atoms with E-state index in [4.69, 9.17) is 10.5 Å². The second-order valence-electron chi connectivity index (χ2n) is 8.64. The lowest BCUT2D eigenvalue weighted by Crippen LogP contribution is -2.20. The van der Waals surface area contributed by atoms with E-state index < -0.39 is 0 Å². The lowest BCUT2D eigenvalue weighted by molar-refractivity contribution is 0.0981. The molecule has 36 heavy (non-hydrogen) atoms. The average molecular weight is 471 g/mol. The number of ketones is 2. The third-order valence-corrected chi connectivity index (χ3v) is 6.63. The maximum atomic E-state index is 14.1. The van der Waals surface area contributed by atoms with Gasteiger partial charge >= 0.3 is 0 Å². The van der Waals surface area contributed by atoms with Crippen LogP contribution < -0.4 is 10.5 Å². The van der Waals surface area contributed by atoms with Crippen LogP contribution in [0.3, 0.4) is 0 Å². The van der Waals surface area contributed by atoms with Gasteiger partial charge in [-0.3, -0.25) is 9.59 Å². The zero-order chi connectivity index (χ0) is 24.8. The summed E-state index contributed by atoms with van der Waals surface area (Å²) in [7, 11) is 1.61. The molecule has 1 aliphatic rings. The fourth-order valence-corrected chi connectivity index (χ4v) is 4.99. The van der Waals surface area contributed by atoms with Gasteiger partial charge in [0.05, 0.1) is 41.0 Å². The van der Waals surface area contributed by atoms with Crippen molar-refractivity contribution in [2.24, 2.45) is 0 Å². The predicted molar refractivity (Wildman–Crippen MR) is 141 cm³/mol. The normalized spacial score (nSPS) is 12.2. The molecule has 0 saturated carbocycles. The molecular weight excluding hydrogens is 448 g/mol. The number of anilines is 1. The van der Waals surface area contributed by atoms with E-state index in [-0.39, 0.29) is 11.6 Å². The van der Waals surface area contributed by atoms with Crippen molar-refractivity contribution in [1.82, 2.24) is 4.57 Å². The molecule has 0 amide bonds. The van der Waals surface area contributed by atoms with Crippen LogP contribution in [0.25, 0.3) is 28.2 Å². The molecule has 2 N–H and O–H groups in total. The van der Waals surface area contributed by atoms with Gasteiger partial charge in [0.1, 0.15) is 5.75 Å². The van der Waals surface area contributed by atoms with Crippen molar-refractivity contribution in [1.29, 1.82) is 0 Å². The van der Waals surface area contributed by atoms with Crippen LogP contribution >= 0.6 is 0 Å². The van der Waals surface area contributed by atoms with E-state index >= 15 is 0 Å². The predicted octanol–water partition coefficient (Wildman–Crippen LogP) is 6.18.